The Morgan fingerprint density at radius 2 is 1.88 bits per heavy atom. The number of hydrogen-bond acceptors (Lipinski definition) is 1. The fourth-order valence-electron chi connectivity index (χ4n) is 1.56. The summed E-state index contributed by atoms with van der Waals surface area (Å²) in [5.41, 5.74) is 1.16. The number of benzene rings is 2. The zero-order chi connectivity index (χ0) is 12.4. The summed E-state index contributed by atoms with van der Waals surface area (Å²) in [5.74, 6) is -0.532. The van der Waals surface area contributed by atoms with Crippen LogP contribution in [0.15, 0.2) is 46.9 Å². The number of rotatable bonds is 2. The molecule has 0 aromatic heterocycles. The van der Waals surface area contributed by atoms with Gasteiger partial charge in [0.05, 0.1) is 5.02 Å². The first-order valence-electron chi connectivity index (χ1n) is 4.97. The van der Waals surface area contributed by atoms with Crippen molar-refractivity contribution < 1.29 is 9.50 Å². The minimum absolute atomic E-state index is 0.0491. The summed E-state index contributed by atoms with van der Waals surface area (Å²) in [4.78, 5) is 0. The Kier molecular flexibility index (Phi) is 3.82. The van der Waals surface area contributed by atoms with Crippen LogP contribution < -0.4 is 0 Å². The molecule has 0 saturated heterocycles. The van der Waals surface area contributed by atoms with Gasteiger partial charge in [-0.1, -0.05) is 51.8 Å². The maximum atomic E-state index is 13.3. The molecule has 0 heterocycles. The third kappa shape index (κ3) is 2.68. The maximum absolute atomic E-state index is 13.3. The molecular weight excluding hydrogens is 306 g/mol. The summed E-state index contributed by atoms with van der Waals surface area (Å²) in [6.07, 6.45) is -0.877. The van der Waals surface area contributed by atoms with Gasteiger partial charge in [0, 0.05) is 4.47 Å². The zero-order valence-electron chi connectivity index (χ0n) is 8.70. The molecule has 0 amide bonds. The van der Waals surface area contributed by atoms with E-state index in [9.17, 15) is 9.50 Å². The van der Waals surface area contributed by atoms with Gasteiger partial charge in [-0.15, -0.1) is 0 Å². The Bertz CT molecular complexity index is 545. The third-order valence-electron chi connectivity index (χ3n) is 2.46. The SMILES string of the molecule is OC(c1ccc(Cl)c(F)c1)c1ccccc1Br. The van der Waals surface area contributed by atoms with E-state index in [4.69, 9.17) is 11.6 Å². The highest BCUT2D eigenvalue weighted by molar-refractivity contribution is 9.10. The van der Waals surface area contributed by atoms with Crippen LogP contribution >= 0.6 is 27.5 Å². The molecule has 1 nitrogen and oxygen atoms in total. The second kappa shape index (κ2) is 5.17. The number of halogens is 3. The van der Waals surface area contributed by atoms with Gasteiger partial charge >= 0.3 is 0 Å². The summed E-state index contributed by atoms with van der Waals surface area (Å²) in [6.45, 7) is 0. The molecule has 2 aromatic carbocycles. The van der Waals surface area contributed by atoms with Crippen LogP contribution in [0.25, 0.3) is 0 Å². The van der Waals surface area contributed by atoms with Crippen molar-refractivity contribution in [2.45, 2.75) is 6.10 Å². The highest BCUT2D eigenvalue weighted by atomic mass is 79.9. The molecule has 0 aliphatic rings. The Morgan fingerprint density at radius 1 is 1.18 bits per heavy atom. The van der Waals surface area contributed by atoms with Crippen molar-refractivity contribution in [1.29, 1.82) is 0 Å². The first-order valence-corrected chi connectivity index (χ1v) is 6.14. The van der Waals surface area contributed by atoms with Gasteiger partial charge in [0.1, 0.15) is 11.9 Å². The summed E-state index contributed by atoms with van der Waals surface area (Å²) < 4.78 is 14.1. The Morgan fingerprint density at radius 3 is 2.53 bits per heavy atom. The molecule has 0 saturated carbocycles. The molecule has 88 valence electrons. The molecule has 0 radical (unpaired) electrons. The summed E-state index contributed by atoms with van der Waals surface area (Å²) in [6, 6.07) is 11.6. The Labute approximate surface area is 112 Å². The number of aliphatic hydroxyl groups excluding tert-OH is 1. The highest BCUT2D eigenvalue weighted by Gasteiger charge is 2.14. The normalized spacial score (nSPS) is 12.5. The minimum Gasteiger partial charge on any atom is -0.384 e. The van der Waals surface area contributed by atoms with Crippen LogP contribution in [0.2, 0.25) is 5.02 Å². The molecule has 2 aromatic rings. The smallest absolute Gasteiger partial charge is 0.142 e. The predicted molar refractivity (Wildman–Crippen MR) is 69.6 cm³/mol. The quantitative estimate of drug-likeness (QED) is 0.875. The van der Waals surface area contributed by atoms with E-state index in [1.807, 2.05) is 18.2 Å². The zero-order valence-corrected chi connectivity index (χ0v) is 11.0. The van der Waals surface area contributed by atoms with Gasteiger partial charge in [-0.25, -0.2) is 4.39 Å². The van der Waals surface area contributed by atoms with Crippen molar-refractivity contribution in [2.75, 3.05) is 0 Å². The largest absolute Gasteiger partial charge is 0.384 e. The van der Waals surface area contributed by atoms with E-state index >= 15 is 0 Å². The van der Waals surface area contributed by atoms with Crippen LogP contribution in [0.5, 0.6) is 0 Å². The van der Waals surface area contributed by atoms with E-state index in [1.165, 1.54) is 12.1 Å². The summed E-state index contributed by atoms with van der Waals surface area (Å²) >= 11 is 8.94. The van der Waals surface area contributed by atoms with Crippen molar-refractivity contribution in [3.05, 3.63) is 68.9 Å². The second-order valence-electron chi connectivity index (χ2n) is 3.60. The molecule has 0 aliphatic carbocycles. The Hall–Kier alpha value is -0.900. The van der Waals surface area contributed by atoms with Crippen molar-refractivity contribution >= 4 is 27.5 Å². The molecule has 0 bridgehead atoms. The van der Waals surface area contributed by atoms with Crippen LogP contribution in [-0.4, -0.2) is 5.11 Å². The lowest BCUT2D eigenvalue weighted by Gasteiger charge is -2.13. The minimum atomic E-state index is -0.877. The van der Waals surface area contributed by atoms with Gasteiger partial charge in [0.2, 0.25) is 0 Å². The lowest BCUT2D eigenvalue weighted by Crippen LogP contribution is -2.01. The number of hydrogen-bond donors (Lipinski definition) is 1. The molecule has 0 fully saturated rings. The lowest BCUT2D eigenvalue weighted by atomic mass is 10.0. The van der Waals surface area contributed by atoms with Gasteiger partial charge < -0.3 is 5.11 Å². The van der Waals surface area contributed by atoms with Gasteiger partial charge in [0.15, 0.2) is 0 Å². The van der Waals surface area contributed by atoms with E-state index in [0.29, 0.717) is 11.1 Å². The average Bonchev–Trinajstić information content (AvgIpc) is 2.32. The second-order valence-corrected chi connectivity index (χ2v) is 4.86. The van der Waals surface area contributed by atoms with Crippen LogP contribution in [0.4, 0.5) is 4.39 Å². The predicted octanol–water partition coefficient (Wildman–Crippen LogP) is 4.32. The van der Waals surface area contributed by atoms with Crippen LogP contribution in [0.1, 0.15) is 17.2 Å². The van der Waals surface area contributed by atoms with Crippen molar-refractivity contribution in [1.82, 2.24) is 0 Å². The fourth-order valence-corrected chi connectivity index (χ4v) is 2.18. The fraction of sp³-hybridized carbons (Fsp3) is 0.0769. The van der Waals surface area contributed by atoms with Gasteiger partial charge in [-0.3, -0.25) is 0 Å². The number of aliphatic hydroxyl groups is 1. The molecule has 0 aliphatic heterocycles. The van der Waals surface area contributed by atoms with Crippen LogP contribution in [-0.2, 0) is 0 Å². The first-order chi connectivity index (χ1) is 8.09. The van der Waals surface area contributed by atoms with Crippen LogP contribution in [0.3, 0.4) is 0 Å². The average molecular weight is 316 g/mol. The van der Waals surface area contributed by atoms with E-state index in [-0.39, 0.29) is 5.02 Å². The van der Waals surface area contributed by atoms with Crippen LogP contribution in [0, 0.1) is 5.82 Å². The molecule has 1 atom stereocenters. The van der Waals surface area contributed by atoms with Crippen molar-refractivity contribution in [3.63, 3.8) is 0 Å². The standard InChI is InChI=1S/C13H9BrClFO/c14-10-4-2-1-3-9(10)13(17)8-5-6-11(15)12(16)7-8/h1-7,13,17H. The maximum Gasteiger partial charge on any atom is 0.142 e. The molecule has 1 unspecified atom stereocenters. The lowest BCUT2D eigenvalue weighted by molar-refractivity contribution is 0.219. The van der Waals surface area contributed by atoms with E-state index in [2.05, 4.69) is 15.9 Å². The van der Waals surface area contributed by atoms with E-state index in [0.717, 1.165) is 4.47 Å². The van der Waals surface area contributed by atoms with Crippen molar-refractivity contribution in [3.8, 4) is 0 Å². The molecule has 0 spiro atoms. The van der Waals surface area contributed by atoms with E-state index < -0.39 is 11.9 Å². The molecule has 1 N–H and O–H groups in total. The summed E-state index contributed by atoms with van der Waals surface area (Å²) in [5, 5.41) is 10.2. The molecule has 2 rings (SSSR count). The topological polar surface area (TPSA) is 20.2 Å². The van der Waals surface area contributed by atoms with Gasteiger partial charge in [0.25, 0.3) is 0 Å². The van der Waals surface area contributed by atoms with Crippen molar-refractivity contribution in [2.24, 2.45) is 0 Å². The van der Waals surface area contributed by atoms with E-state index in [1.54, 1.807) is 12.1 Å². The molecule has 17 heavy (non-hydrogen) atoms. The monoisotopic (exact) mass is 314 g/mol. The van der Waals surface area contributed by atoms with Gasteiger partial charge in [-0.05, 0) is 29.3 Å². The third-order valence-corrected chi connectivity index (χ3v) is 3.49. The highest BCUT2D eigenvalue weighted by Crippen LogP contribution is 2.29. The summed E-state index contributed by atoms with van der Waals surface area (Å²) in [7, 11) is 0. The molecule has 4 heteroatoms. The first kappa shape index (κ1) is 12.6. The Balaban J connectivity index is 2.40. The van der Waals surface area contributed by atoms with Gasteiger partial charge in [-0.2, -0.15) is 0 Å². The molecular formula is C13H9BrClFO.